The number of halogens is 3. The van der Waals surface area contributed by atoms with Crippen LogP contribution in [0.4, 0.5) is 13.2 Å². The summed E-state index contributed by atoms with van der Waals surface area (Å²) in [5.41, 5.74) is -1.49. The van der Waals surface area contributed by atoms with Gasteiger partial charge in [-0.3, -0.25) is 0 Å². The number of rotatable bonds is 3. The van der Waals surface area contributed by atoms with Crippen molar-refractivity contribution in [3.05, 3.63) is 60.2 Å². The molecule has 2 aromatic carbocycles. The number of hydrogen-bond donors (Lipinski definition) is 0. The van der Waals surface area contributed by atoms with Crippen molar-refractivity contribution >= 4 is 22.5 Å². The van der Waals surface area contributed by atoms with Crippen molar-refractivity contribution in [1.29, 1.82) is 0 Å². The molecule has 0 bridgehead atoms. The molecule has 6 heteroatoms. The third-order valence-corrected chi connectivity index (χ3v) is 2.86. The normalized spacial score (nSPS) is 12.3. The van der Waals surface area contributed by atoms with Crippen LogP contribution >= 0.6 is 0 Å². The molecular weight excluding hydrogens is 295 g/mol. The Morgan fingerprint density at radius 3 is 2.36 bits per heavy atom. The molecule has 22 heavy (non-hydrogen) atoms. The van der Waals surface area contributed by atoms with E-state index in [1.165, 1.54) is 19.1 Å². The maximum Gasteiger partial charge on any atom is 0.437 e. The molecule has 0 saturated carbocycles. The number of fused-ring (bicyclic) bond motifs is 1. The molecule has 0 saturated heterocycles. The Kier molecular flexibility index (Phi) is 4.30. The van der Waals surface area contributed by atoms with Crippen LogP contribution in [0, 0.1) is 0 Å². The zero-order valence-electron chi connectivity index (χ0n) is 11.6. The quantitative estimate of drug-likeness (QED) is 0.368. The van der Waals surface area contributed by atoms with Gasteiger partial charge in [-0.15, -0.1) is 0 Å². The van der Waals surface area contributed by atoms with E-state index >= 15 is 0 Å². The van der Waals surface area contributed by atoms with E-state index in [1.54, 1.807) is 30.3 Å². The molecule has 114 valence electrons. The molecule has 0 unspecified atom stereocenters. The summed E-state index contributed by atoms with van der Waals surface area (Å²) in [4.78, 5) is 15.5. The van der Waals surface area contributed by atoms with Crippen LogP contribution in [0.2, 0.25) is 0 Å². The number of oxime groups is 1. The van der Waals surface area contributed by atoms with Crippen LogP contribution < -0.4 is 0 Å². The third kappa shape index (κ3) is 3.52. The number of nitrogens with zero attached hydrogens (tertiary/aromatic N) is 1. The second kappa shape index (κ2) is 6.01. The maximum atomic E-state index is 13.1. The Morgan fingerprint density at radius 2 is 1.77 bits per heavy atom. The number of carbonyl (C=O) groups is 1. The van der Waals surface area contributed by atoms with E-state index in [0.29, 0.717) is 5.39 Å². The fourth-order valence-corrected chi connectivity index (χ4v) is 1.77. The lowest BCUT2D eigenvalue weighted by Gasteiger charge is -2.10. The summed E-state index contributed by atoms with van der Waals surface area (Å²) in [6.45, 7) is 4.60. The first-order chi connectivity index (χ1) is 10.3. The Morgan fingerprint density at radius 1 is 1.14 bits per heavy atom. The zero-order chi connectivity index (χ0) is 16.3. The van der Waals surface area contributed by atoms with Crippen LogP contribution in [0.25, 0.3) is 10.8 Å². The number of carbonyl (C=O) groups excluding carboxylic acids is 1. The zero-order valence-corrected chi connectivity index (χ0v) is 11.6. The number of hydrogen-bond acceptors (Lipinski definition) is 3. The molecule has 0 atom stereocenters. The summed E-state index contributed by atoms with van der Waals surface area (Å²) in [6.07, 6.45) is -4.75. The maximum absolute atomic E-state index is 13.1. The van der Waals surface area contributed by atoms with Gasteiger partial charge in [-0.05, 0) is 23.8 Å². The highest BCUT2D eigenvalue weighted by molar-refractivity contribution is 6.07. The summed E-state index contributed by atoms with van der Waals surface area (Å²) in [7, 11) is 0. The van der Waals surface area contributed by atoms with Crippen molar-refractivity contribution < 1.29 is 22.8 Å². The SMILES string of the molecule is C=C(C)C(=O)ON=C(c1ccc2ccccc2c1)C(F)(F)F. The topological polar surface area (TPSA) is 38.7 Å². The molecule has 0 fully saturated rings. The summed E-state index contributed by atoms with van der Waals surface area (Å²) in [6, 6.07) is 11.1. The molecule has 0 heterocycles. The van der Waals surface area contributed by atoms with E-state index < -0.39 is 17.9 Å². The van der Waals surface area contributed by atoms with Crippen LogP contribution in [0.15, 0.2) is 59.8 Å². The van der Waals surface area contributed by atoms with Crippen LogP contribution in [0.5, 0.6) is 0 Å². The van der Waals surface area contributed by atoms with Gasteiger partial charge >= 0.3 is 12.1 Å². The van der Waals surface area contributed by atoms with Crippen molar-refractivity contribution in [3.8, 4) is 0 Å². The Balaban J connectivity index is 2.45. The van der Waals surface area contributed by atoms with Gasteiger partial charge in [0.15, 0.2) is 5.71 Å². The van der Waals surface area contributed by atoms with Crippen molar-refractivity contribution in [2.24, 2.45) is 5.16 Å². The minimum absolute atomic E-state index is 0.0382. The van der Waals surface area contributed by atoms with E-state index in [2.05, 4.69) is 16.6 Å². The first kappa shape index (κ1) is 15.8. The standard InChI is InChI=1S/C16H12F3NO2/c1-10(2)15(21)22-20-14(16(17,18)19)13-8-7-11-5-3-4-6-12(11)9-13/h3-9H,1H2,2H3. The molecule has 0 aliphatic carbocycles. The predicted octanol–water partition coefficient (Wildman–Crippen LogP) is 4.23. The molecular formula is C16H12F3NO2. The Labute approximate surface area is 124 Å². The van der Waals surface area contributed by atoms with E-state index in [9.17, 15) is 18.0 Å². The molecule has 0 N–H and O–H groups in total. The van der Waals surface area contributed by atoms with E-state index in [4.69, 9.17) is 0 Å². The van der Waals surface area contributed by atoms with Crippen molar-refractivity contribution in [3.63, 3.8) is 0 Å². The van der Waals surface area contributed by atoms with E-state index in [-0.39, 0.29) is 11.1 Å². The smallest absolute Gasteiger partial charge is 0.313 e. The lowest BCUT2D eigenvalue weighted by molar-refractivity contribution is -0.139. The van der Waals surface area contributed by atoms with Gasteiger partial charge in [-0.25, -0.2) is 4.79 Å². The lowest BCUT2D eigenvalue weighted by atomic mass is 10.0. The number of alkyl halides is 3. The molecule has 0 aromatic heterocycles. The molecule has 3 nitrogen and oxygen atoms in total. The second-order valence-electron chi connectivity index (χ2n) is 4.66. The Hall–Kier alpha value is -2.63. The average molecular weight is 307 g/mol. The highest BCUT2D eigenvalue weighted by Crippen LogP contribution is 2.25. The monoisotopic (exact) mass is 307 g/mol. The molecule has 0 amide bonds. The first-order valence-electron chi connectivity index (χ1n) is 6.30. The molecule has 0 aliphatic heterocycles. The van der Waals surface area contributed by atoms with Crippen LogP contribution in [-0.2, 0) is 9.63 Å². The molecule has 0 radical (unpaired) electrons. The fourth-order valence-electron chi connectivity index (χ4n) is 1.77. The minimum atomic E-state index is -4.75. The summed E-state index contributed by atoms with van der Waals surface area (Å²) in [5.74, 6) is -1.01. The van der Waals surface area contributed by atoms with Gasteiger partial charge in [-0.1, -0.05) is 48.1 Å². The highest BCUT2D eigenvalue weighted by atomic mass is 19.4. The lowest BCUT2D eigenvalue weighted by Crippen LogP contribution is -2.25. The first-order valence-corrected chi connectivity index (χ1v) is 6.30. The molecule has 2 rings (SSSR count). The third-order valence-electron chi connectivity index (χ3n) is 2.86. The summed E-state index contributed by atoms with van der Waals surface area (Å²) < 4.78 is 39.3. The van der Waals surface area contributed by atoms with Gasteiger partial charge in [0.2, 0.25) is 0 Å². The van der Waals surface area contributed by atoms with Crippen molar-refractivity contribution in [1.82, 2.24) is 0 Å². The van der Waals surface area contributed by atoms with Gasteiger partial charge in [0.25, 0.3) is 0 Å². The van der Waals surface area contributed by atoms with Gasteiger partial charge in [0.1, 0.15) is 0 Å². The molecule has 0 aliphatic rings. The number of benzene rings is 2. The average Bonchev–Trinajstić information content (AvgIpc) is 2.45. The molecule has 2 aromatic rings. The van der Waals surface area contributed by atoms with Crippen molar-refractivity contribution in [2.45, 2.75) is 13.1 Å². The van der Waals surface area contributed by atoms with Crippen LogP contribution in [0.1, 0.15) is 12.5 Å². The van der Waals surface area contributed by atoms with Gasteiger partial charge in [0, 0.05) is 11.1 Å². The van der Waals surface area contributed by atoms with E-state index in [0.717, 1.165) is 5.39 Å². The van der Waals surface area contributed by atoms with Gasteiger partial charge < -0.3 is 4.84 Å². The fraction of sp³-hybridized carbons (Fsp3) is 0.125. The van der Waals surface area contributed by atoms with Gasteiger partial charge in [0.05, 0.1) is 0 Å². The van der Waals surface area contributed by atoms with Crippen LogP contribution in [0.3, 0.4) is 0 Å². The Bertz CT molecular complexity index is 763. The molecule has 0 spiro atoms. The van der Waals surface area contributed by atoms with Crippen molar-refractivity contribution in [2.75, 3.05) is 0 Å². The summed E-state index contributed by atoms with van der Waals surface area (Å²) >= 11 is 0. The highest BCUT2D eigenvalue weighted by Gasteiger charge is 2.38. The predicted molar refractivity (Wildman–Crippen MR) is 77.4 cm³/mol. The largest absolute Gasteiger partial charge is 0.437 e. The van der Waals surface area contributed by atoms with E-state index in [1.807, 2.05) is 0 Å². The second-order valence-corrected chi connectivity index (χ2v) is 4.66. The summed E-state index contributed by atoms with van der Waals surface area (Å²) in [5, 5.41) is 4.40. The van der Waals surface area contributed by atoms with Gasteiger partial charge in [-0.2, -0.15) is 13.2 Å². The van der Waals surface area contributed by atoms with Crippen LogP contribution in [-0.4, -0.2) is 17.9 Å². The minimum Gasteiger partial charge on any atom is -0.313 e.